The van der Waals surface area contributed by atoms with Crippen molar-refractivity contribution in [3.63, 3.8) is 0 Å². The number of hydrogen-bond acceptors (Lipinski definition) is 1. The Balaban J connectivity index is 2.95. The molecule has 1 unspecified atom stereocenters. The Bertz CT molecular complexity index is 365. The molecular formula is C13H19ClFN. The molecule has 1 aromatic rings. The maximum absolute atomic E-state index is 12.9. The molecule has 0 aliphatic rings. The third-order valence-electron chi connectivity index (χ3n) is 3.47. The van der Waals surface area contributed by atoms with Crippen LogP contribution in [0.4, 0.5) is 4.39 Å². The lowest BCUT2D eigenvalue weighted by Gasteiger charge is -2.32. The molecule has 90 valence electrons. The molecule has 0 aliphatic heterocycles. The van der Waals surface area contributed by atoms with Crippen LogP contribution in [0, 0.1) is 17.2 Å². The first-order chi connectivity index (χ1) is 7.39. The van der Waals surface area contributed by atoms with Gasteiger partial charge in [0.25, 0.3) is 0 Å². The molecule has 0 aromatic heterocycles. The largest absolute Gasteiger partial charge is 0.330 e. The van der Waals surface area contributed by atoms with E-state index in [2.05, 4.69) is 20.8 Å². The third-order valence-corrected chi connectivity index (χ3v) is 3.82. The molecule has 0 fully saturated rings. The van der Waals surface area contributed by atoms with E-state index >= 15 is 0 Å². The number of rotatable bonds is 4. The van der Waals surface area contributed by atoms with Crippen LogP contribution in [-0.4, -0.2) is 6.54 Å². The van der Waals surface area contributed by atoms with Crippen LogP contribution in [0.25, 0.3) is 0 Å². The van der Waals surface area contributed by atoms with Crippen LogP contribution < -0.4 is 5.73 Å². The molecule has 1 rings (SSSR count). The number of halogens is 2. The van der Waals surface area contributed by atoms with Crippen LogP contribution in [-0.2, 0) is 6.42 Å². The molecule has 1 nitrogen and oxygen atoms in total. The predicted molar refractivity (Wildman–Crippen MR) is 67.1 cm³/mol. The highest BCUT2D eigenvalue weighted by molar-refractivity contribution is 6.31. The van der Waals surface area contributed by atoms with Crippen molar-refractivity contribution in [2.24, 2.45) is 17.1 Å². The van der Waals surface area contributed by atoms with Crippen LogP contribution in [0.5, 0.6) is 0 Å². The van der Waals surface area contributed by atoms with Gasteiger partial charge < -0.3 is 5.73 Å². The lowest BCUT2D eigenvalue weighted by atomic mass is 9.74. The molecule has 0 aliphatic carbocycles. The average Bonchev–Trinajstić information content (AvgIpc) is 2.22. The molecule has 0 saturated heterocycles. The van der Waals surface area contributed by atoms with Gasteiger partial charge in [0, 0.05) is 5.02 Å². The van der Waals surface area contributed by atoms with Crippen LogP contribution in [0.15, 0.2) is 18.2 Å². The zero-order chi connectivity index (χ0) is 12.3. The van der Waals surface area contributed by atoms with E-state index in [9.17, 15) is 4.39 Å². The maximum atomic E-state index is 12.9. The highest BCUT2D eigenvalue weighted by atomic mass is 35.5. The van der Waals surface area contributed by atoms with Gasteiger partial charge in [-0.2, -0.15) is 0 Å². The van der Waals surface area contributed by atoms with E-state index < -0.39 is 0 Å². The number of benzene rings is 1. The first-order valence-corrected chi connectivity index (χ1v) is 5.91. The second-order valence-corrected chi connectivity index (χ2v) is 5.33. The second kappa shape index (κ2) is 5.15. The summed E-state index contributed by atoms with van der Waals surface area (Å²) in [5.41, 5.74) is 6.78. The Labute approximate surface area is 102 Å². The van der Waals surface area contributed by atoms with Crippen molar-refractivity contribution in [1.82, 2.24) is 0 Å². The summed E-state index contributed by atoms with van der Waals surface area (Å²) in [6.07, 6.45) is 0.778. The molecule has 1 aromatic carbocycles. The first kappa shape index (κ1) is 13.5. The molecule has 0 bridgehead atoms. The minimum absolute atomic E-state index is 0.00146. The molecule has 3 heteroatoms. The monoisotopic (exact) mass is 243 g/mol. The minimum atomic E-state index is -0.298. The smallest absolute Gasteiger partial charge is 0.124 e. The van der Waals surface area contributed by atoms with Crippen molar-refractivity contribution in [3.05, 3.63) is 34.6 Å². The molecule has 2 N–H and O–H groups in total. The van der Waals surface area contributed by atoms with E-state index in [1.54, 1.807) is 6.07 Å². The highest BCUT2D eigenvalue weighted by Crippen LogP contribution is 2.32. The fourth-order valence-corrected chi connectivity index (χ4v) is 1.85. The van der Waals surface area contributed by atoms with Crippen LogP contribution in [0.3, 0.4) is 0 Å². The summed E-state index contributed by atoms with van der Waals surface area (Å²) in [6.45, 7) is 7.02. The molecule has 0 saturated carbocycles. The fraction of sp³-hybridized carbons (Fsp3) is 0.538. The minimum Gasteiger partial charge on any atom is -0.330 e. The molecule has 0 radical (unpaired) electrons. The summed E-state index contributed by atoms with van der Waals surface area (Å²) in [5.74, 6) is 0.159. The van der Waals surface area contributed by atoms with E-state index in [1.807, 2.05) is 0 Å². The van der Waals surface area contributed by atoms with Gasteiger partial charge >= 0.3 is 0 Å². The van der Waals surface area contributed by atoms with Crippen LogP contribution >= 0.6 is 11.6 Å². The predicted octanol–water partition coefficient (Wildman–Crippen LogP) is 3.64. The van der Waals surface area contributed by atoms with Gasteiger partial charge in [-0.1, -0.05) is 38.4 Å². The van der Waals surface area contributed by atoms with Crippen molar-refractivity contribution in [3.8, 4) is 0 Å². The SMILES string of the molecule is CC(C)C(C)(CN)Cc1ccc(F)cc1Cl. The van der Waals surface area contributed by atoms with Gasteiger partial charge in [0.2, 0.25) is 0 Å². The summed E-state index contributed by atoms with van der Waals surface area (Å²) in [5, 5.41) is 0.486. The summed E-state index contributed by atoms with van der Waals surface area (Å²) < 4.78 is 12.9. The zero-order valence-corrected chi connectivity index (χ0v) is 10.8. The molecule has 0 amide bonds. The third kappa shape index (κ3) is 2.96. The maximum Gasteiger partial charge on any atom is 0.124 e. The second-order valence-electron chi connectivity index (χ2n) is 4.93. The van der Waals surface area contributed by atoms with Gasteiger partial charge in [-0.3, -0.25) is 0 Å². The zero-order valence-electron chi connectivity index (χ0n) is 10.1. The van der Waals surface area contributed by atoms with Gasteiger partial charge in [-0.25, -0.2) is 4.39 Å². The Hall–Kier alpha value is -0.600. The van der Waals surface area contributed by atoms with Gasteiger partial charge in [-0.15, -0.1) is 0 Å². The summed E-state index contributed by atoms with van der Waals surface area (Å²) in [6, 6.07) is 4.54. The molecule has 1 atom stereocenters. The van der Waals surface area contributed by atoms with E-state index in [0.29, 0.717) is 17.5 Å². The summed E-state index contributed by atoms with van der Waals surface area (Å²) in [7, 11) is 0. The number of hydrogen-bond donors (Lipinski definition) is 1. The Morgan fingerprint density at radius 3 is 2.50 bits per heavy atom. The molecular weight excluding hydrogens is 225 g/mol. The molecule has 0 spiro atoms. The van der Waals surface area contributed by atoms with Crippen molar-refractivity contribution < 1.29 is 4.39 Å². The summed E-state index contributed by atoms with van der Waals surface area (Å²) >= 11 is 6.02. The van der Waals surface area contributed by atoms with E-state index in [4.69, 9.17) is 17.3 Å². The van der Waals surface area contributed by atoms with Gasteiger partial charge in [0.05, 0.1) is 0 Å². The number of nitrogens with two attached hydrogens (primary N) is 1. The lowest BCUT2D eigenvalue weighted by molar-refractivity contribution is 0.227. The van der Waals surface area contributed by atoms with Crippen molar-refractivity contribution in [2.45, 2.75) is 27.2 Å². The van der Waals surface area contributed by atoms with Crippen LogP contribution in [0.2, 0.25) is 5.02 Å². The van der Waals surface area contributed by atoms with E-state index in [1.165, 1.54) is 12.1 Å². The fourth-order valence-electron chi connectivity index (χ4n) is 1.61. The average molecular weight is 244 g/mol. The topological polar surface area (TPSA) is 26.0 Å². The lowest BCUT2D eigenvalue weighted by Crippen LogP contribution is -2.34. The van der Waals surface area contributed by atoms with E-state index in [0.717, 1.165) is 12.0 Å². The Kier molecular flexibility index (Phi) is 4.34. The standard InChI is InChI=1S/C13H19ClFN/c1-9(2)13(3,8-16)7-10-4-5-11(15)6-12(10)14/h4-6,9H,7-8,16H2,1-3H3. The highest BCUT2D eigenvalue weighted by Gasteiger charge is 2.27. The first-order valence-electron chi connectivity index (χ1n) is 5.53. The van der Waals surface area contributed by atoms with Crippen molar-refractivity contribution in [2.75, 3.05) is 6.54 Å². The molecule has 16 heavy (non-hydrogen) atoms. The molecule has 0 heterocycles. The normalized spacial score (nSPS) is 15.2. The quantitative estimate of drug-likeness (QED) is 0.859. The summed E-state index contributed by atoms with van der Waals surface area (Å²) in [4.78, 5) is 0. The van der Waals surface area contributed by atoms with E-state index in [-0.39, 0.29) is 11.2 Å². The van der Waals surface area contributed by atoms with Gasteiger partial charge in [0.15, 0.2) is 0 Å². The Morgan fingerprint density at radius 1 is 1.44 bits per heavy atom. The van der Waals surface area contributed by atoms with Crippen molar-refractivity contribution >= 4 is 11.6 Å². The van der Waals surface area contributed by atoms with Crippen LogP contribution in [0.1, 0.15) is 26.3 Å². The van der Waals surface area contributed by atoms with Crippen molar-refractivity contribution in [1.29, 1.82) is 0 Å². The Morgan fingerprint density at radius 2 is 2.06 bits per heavy atom. The van der Waals surface area contributed by atoms with Gasteiger partial charge in [-0.05, 0) is 42.0 Å². The van der Waals surface area contributed by atoms with Gasteiger partial charge in [0.1, 0.15) is 5.82 Å².